The van der Waals surface area contributed by atoms with E-state index in [2.05, 4.69) is 19.4 Å². The van der Waals surface area contributed by atoms with Crippen molar-refractivity contribution < 1.29 is 31.5 Å². The van der Waals surface area contributed by atoms with Crippen LogP contribution in [0.3, 0.4) is 0 Å². The number of hydrogen-bond acceptors (Lipinski definition) is 6. The molecule has 0 aliphatic rings. The normalized spacial score (nSPS) is 11.6. The van der Waals surface area contributed by atoms with Gasteiger partial charge in [-0.3, -0.25) is 4.98 Å². The molecule has 6 nitrogen and oxygen atoms in total. The molecule has 2 heterocycles. The highest BCUT2D eigenvalue weighted by Gasteiger charge is 2.15. The SMILES string of the molecule is O=c1oc(/C=C/c2ccc(OC(F)F)c(OC(F)F)c2)nc2ccncc12. The summed E-state index contributed by atoms with van der Waals surface area (Å²) in [5, 5.41) is 0.204. The molecule has 0 fully saturated rings. The summed E-state index contributed by atoms with van der Waals surface area (Å²) in [5.74, 6) is -1.14. The molecule has 140 valence electrons. The average molecular weight is 382 g/mol. The van der Waals surface area contributed by atoms with E-state index in [-0.39, 0.29) is 11.3 Å². The van der Waals surface area contributed by atoms with Crippen LogP contribution in [0.25, 0.3) is 23.1 Å². The second kappa shape index (κ2) is 7.85. The van der Waals surface area contributed by atoms with Gasteiger partial charge in [-0.1, -0.05) is 6.07 Å². The van der Waals surface area contributed by atoms with Crippen LogP contribution < -0.4 is 15.1 Å². The van der Waals surface area contributed by atoms with Crippen LogP contribution in [0.4, 0.5) is 17.6 Å². The first-order chi connectivity index (χ1) is 12.9. The third-order valence-corrected chi connectivity index (χ3v) is 3.26. The molecule has 0 saturated heterocycles. The number of alkyl halides is 4. The van der Waals surface area contributed by atoms with Crippen LogP contribution in [0, 0.1) is 0 Å². The van der Waals surface area contributed by atoms with Crippen LogP contribution >= 0.6 is 0 Å². The minimum atomic E-state index is -3.22. The fourth-order valence-electron chi connectivity index (χ4n) is 2.18. The van der Waals surface area contributed by atoms with Gasteiger partial charge in [0.05, 0.1) is 5.52 Å². The fourth-order valence-corrected chi connectivity index (χ4v) is 2.18. The van der Waals surface area contributed by atoms with E-state index in [0.717, 1.165) is 12.1 Å². The lowest BCUT2D eigenvalue weighted by Gasteiger charge is -2.12. The van der Waals surface area contributed by atoms with Crippen molar-refractivity contribution in [2.75, 3.05) is 0 Å². The minimum absolute atomic E-state index is 0.0389. The van der Waals surface area contributed by atoms with Gasteiger partial charge in [0.2, 0.25) is 5.89 Å². The zero-order valence-electron chi connectivity index (χ0n) is 13.3. The van der Waals surface area contributed by atoms with Gasteiger partial charge in [0.25, 0.3) is 0 Å². The summed E-state index contributed by atoms with van der Waals surface area (Å²) in [6, 6.07) is 4.98. The molecular weight excluding hydrogens is 372 g/mol. The second-order valence-electron chi connectivity index (χ2n) is 5.03. The third kappa shape index (κ3) is 4.60. The van der Waals surface area contributed by atoms with E-state index in [1.54, 1.807) is 0 Å². The number of hydrogen-bond donors (Lipinski definition) is 0. The molecule has 0 spiro atoms. The van der Waals surface area contributed by atoms with E-state index >= 15 is 0 Å². The molecule has 0 atom stereocenters. The molecule has 27 heavy (non-hydrogen) atoms. The van der Waals surface area contributed by atoms with Crippen molar-refractivity contribution in [3.05, 3.63) is 58.5 Å². The molecule has 2 aromatic heterocycles. The van der Waals surface area contributed by atoms with Crippen molar-refractivity contribution in [3.63, 3.8) is 0 Å². The number of benzene rings is 1. The van der Waals surface area contributed by atoms with Crippen LogP contribution in [-0.4, -0.2) is 23.2 Å². The Balaban J connectivity index is 1.91. The van der Waals surface area contributed by atoms with E-state index < -0.39 is 30.3 Å². The van der Waals surface area contributed by atoms with Crippen molar-refractivity contribution >= 4 is 23.1 Å². The molecule has 0 N–H and O–H groups in total. The van der Waals surface area contributed by atoms with Gasteiger partial charge in [-0.25, -0.2) is 9.78 Å². The first-order valence-electron chi connectivity index (χ1n) is 7.39. The zero-order chi connectivity index (χ0) is 19.4. The standard InChI is InChI=1S/C17H10F4N2O4/c18-16(19)25-12-3-1-9(7-13(12)26-17(20)21)2-4-14-23-11-5-6-22-8-10(11)15(24)27-14/h1-8,16-17H/b4-2+. The number of aromatic nitrogens is 2. The van der Waals surface area contributed by atoms with Crippen molar-refractivity contribution in [3.8, 4) is 11.5 Å². The molecule has 0 radical (unpaired) electrons. The minimum Gasteiger partial charge on any atom is -0.431 e. The van der Waals surface area contributed by atoms with Crippen LogP contribution in [0.5, 0.6) is 11.5 Å². The average Bonchev–Trinajstić information content (AvgIpc) is 2.61. The van der Waals surface area contributed by atoms with Gasteiger partial charge in [0.1, 0.15) is 5.39 Å². The quantitative estimate of drug-likeness (QED) is 0.601. The number of rotatable bonds is 6. The van der Waals surface area contributed by atoms with Crippen molar-refractivity contribution in [1.29, 1.82) is 0 Å². The largest absolute Gasteiger partial charge is 0.431 e. The van der Waals surface area contributed by atoms with Crippen LogP contribution in [0.2, 0.25) is 0 Å². The van der Waals surface area contributed by atoms with E-state index in [1.807, 2.05) is 0 Å². The molecule has 3 rings (SSSR count). The smallest absolute Gasteiger partial charge is 0.387 e. The summed E-state index contributed by atoms with van der Waals surface area (Å²) in [7, 11) is 0. The van der Waals surface area contributed by atoms with Crippen LogP contribution in [-0.2, 0) is 0 Å². The number of halogens is 4. The Hall–Kier alpha value is -3.43. The van der Waals surface area contributed by atoms with Gasteiger partial charge in [0, 0.05) is 18.5 Å². The summed E-state index contributed by atoms with van der Waals surface area (Å²) in [6.07, 6.45) is 5.47. The highest BCUT2D eigenvalue weighted by Crippen LogP contribution is 2.31. The number of nitrogens with zero attached hydrogens (tertiary/aromatic N) is 2. The van der Waals surface area contributed by atoms with E-state index in [1.165, 1.54) is 36.7 Å². The van der Waals surface area contributed by atoms with Gasteiger partial charge in [-0.2, -0.15) is 17.6 Å². The Kier molecular flexibility index (Phi) is 5.34. The van der Waals surface area contributed by atoms with E-state index in [4.69, 9.17) is 4.42 Å². The zero-order valence-corrected chi connectivity index (χ0v) is 13.3. The van der Waals surface area contributed by atoms with Gasteiger partial charge in [-0.15, -0.1) is 0 Å². The van der Waals surface area contributed by atoms with Gasteiger partial charge in [0.15, 0.2) is 11.5 Å². The molecular formula is C17H10F4N2O4. The summed E-state index contributed by atoms with van der Waals surface area (Å²) < 4.78 is 63.0. The molecule has 1 aromatic carbocycles. The molecule has 3 aromatic rings. The molecule has 0 bridgehead atoms. The molecule has 0 unspecified atom stereocenters. The fraction of sp³-hybridized carbons (Fsp3) is 0.118. The Morgan fingerprint density at radius 2 is 1.74 bits per heavy atom. The molecule has 0 aliphatic heterocycles. The highest BCUT2D eigenvalue weighted by molar-refractivity contribution is 5.77. The van der Waals surface area contributed by atoms with Crippen LogP contribution in [0.15, 0.2) is 45.9 Å². The Morgan fingerprint density at radius 1 is 1.00 bits per heavy atom. The molecule has 0 amide bonds. The predicted molar refractivity (Wildman–Crippen MR) is 86.7 cm³/mol. The van der Waals surface area contributed by atoms with Crippen molar-refractivity contribution in [1.82, 2.24) is 9.97 Å². The lowest BCUT2D eigenvalue weighted by molar-refractivity contribution is -0.0692. The van der Waals surface area contributed by atoms with Gasteiger partial charge < -0.3 is 13.9 Å². The van der Waals surface area contributed by atoms with Gasteiger partial charge >= 0.3 is 18.8 Å². The molecule has 10 heteroatoms. The molecule has 0 aliphatic carbocycles. The topological polar surface area (TPSA) is 74.5 Å². The summed E-state index contributed by atoms with van der Waals surface area (Å²) >= 11 is 0. The number of ether oxygens (including phenoxy) is 2. The van der Waals surface area contributed by atoms with Crippen LogP contribution in [0.1, 0.15) is 11.5 Å². The Morgan fingerprint density at radius 3 is 2.48 bits per heavy atom. The van der Waals surface area contributed by atoms with Crippen molar-refractivity contribution in [2.45, 2.75) is 13.2 Å². The maximum atomic E-state index is 12.5. The Labute approximate surface area is 148 Å². The number of pyridine rings is 1. The maximum Gasteiger partial charge on any atom is 0.387 e. The second-order valence-corrected chi connectivity index (χ2v) is 5.03. The van der Waals surface area contributed by atoms with Gasteiger partial charge in [-0.05, 0) is 29.8 Å². The van der Waals surface area contributed by atoms with E-state index in [0.29, 0.717) is 11.1 Å². The summed E-state index contributed by atoms with van der Waals surface area (Å²) in [5.41, 5.74) is 0.0185. The first kappa shape index (κ1) is 18.4. The maximum absolute atomic E-state index is 12.5. The summed E-state index contributed by atoms with van der Waals surface area (Å²) in [4.78, 5) is 19.8. The molecule has 0 saturated carbocycles. The van der Waals surface area contributed by atoms with E-state index in [9.17, 15) is 22.4 Å². The lowest BCUT2D eigenvalue weighted by Crippen LogP contribution is -2.07. The third-order valence-electron chi connectivity index (χ3n) is 3.26. The summed E-state index contributed by atoms with van der Waals surface area (Å²) in [6.45, 7) is -6.42. The highest BCUT2D eigenvalue weighted by atomic mass is 19.3. The number of fused-ring (bicyclic) bond motifs is 1. The van der Waals surface area contributed by atoms with Crippen molar-refractivity contribution in [2.24, 2.45) is 0 Å². The predicted octanol–water partition coefficient (Wildman–Crippen LogP) is 3.96. The lowest BCUT2D eigenvalue weighted by atomic mass is 10.2. The Bertz CT molecular complexity index is 1040. The first-order valence-corrected chi connectivity index (χ1v) is 7.39. The monoisotopic (exact) mass is 382 g/mol.